The number of carbonyl (C=O) groups excluding carboxylic acids is 1. The first-order chi connectivity index (χ1) is 14.1. The van der Waals surface area contributed by atoms with Crippen LogP contribution in [0.2, 0.25) is 0 Å². The Morgan fingerprint density at radius 1 is 1.07 bits per heavy atom. The van der Waals surface area contributed by atoms with Crippen LogP contribution in [0.1, 0.15) is 16.1 Å². The van der Waals surface area contributed by atoms with Crippen LogP contribution in [0, 0.1) is 10.1 Å². The Hall–Kier alpha value is -3.78. The second kappa shape index (κ2) is 8.07. The third-order valence-electron chi connectivity index (χ3n) is 4.30. The topological polar surface area (TPSA) is 90.1 Å². The molecule has 4 rings (SSSR count). The fraction of sp³-hybridized carbons (Fsp3) is 0.0476. The highest BCUT2D eigenvalue weighted by Gasteiger charge is 2.19. The normalized spacial score (nSPS) is 10.6. The molecular weight excluding hydrogens is 388 g/mol. The summed E-state index contributed by atoms with van der Waals surface area (Å²) in [6, 6.07) is 21.2. The molecule has 2 aromatic heterocycles. The molecule has 7 nitrogen and oxygen atoms in total. The summed E-state index contributed by atoms with van der Waals surface area (Å²) in [5.41, 5.74) is 2.31. The molecule has 0 unspecified atom stereocenters. The maximum Gasteiger partial charge on any atom is 0.271 e. The summed E-state index contributed by atoms with van der Waals surface area (Å²) in [6.07, 6.45) is 0. The SMILES string of the molecule is O=C(NCc1ccccc1)c1cc(-c2cccs2)nn1-c1cccc([N+](=O)[O-])c1. The number of benzene rings is 2. The van der Waals surface area contributed by atoms with Crippen LogP contribution in [-0.2, 0) is 6.54 Å². The maximum absolute atomic E-state index is 12.9. The average molecular weight is 404 g/mol. The fourth-order valence-electron chi connectivity index (χ4n) is 2.89. The number of nitro groups is 1. The summed E-state index contributed by atoms with van der Waals surface area (Å²) in [5, 5.41) is 20.5. The number of nitro benzene ring substituents is 1. The van der Waals surface area contributed by atoms with Crippen LogP contribution in [0.15, 0.2) is 78.2 Å². The number of nitrogens with one attached hydrogen (secondary N) is 1. The summed E-state index contributed by atoms with van der Waals surface area (Å²) in [6.45, 7) is 0.369. The predicted octanol–water partition coefficient (Wildman–Crippen LogP) is 4.44. The largest absolute Gasteiger partial charge is 0.347 e. The maximum atomic E-state index is 12.9. The standard InChI is InChI=1S/C21H16N4O3S/c26-21(22-14-15-6-2-1-3-7-15)19-13-18(20-10-5-11-29-20)23-24(19)16-8-4-9-17(12-16)25(27)28/h1-13H,14H2,(H,22,26). The summed E-state index contributed by atoms with van der Waals surface area (Å²) in [7, 11) is 0. The van der Waals surface area contributed by atoms with Crippen LogP contribution >= 0.6 is 11.3 Å². The molecule has 2 aromatic carbocycles. The summed E-state index contributed by atoms with van der Waals surface area (Å²) >= 11 is 1.51. The number of amides is 1. The molecule has 4 aromatic rings. The van der Waals surface area contributed by atoms with Gasteiger partial charge in [0, 0.05) is 18.7 Å². The van der Waals surface area contributed by atoms with Crippen molar-refractivity contribution in [2.75, 3.05) is 0 Å². The molecule has 2 heterocycles. The van der Waals surface area contributed by atoms with Crippen LogP contribution in [-0.4, -0.2) is 20.6 Å². The number of non-ortho nitro benzene ring substituents is 1. The van der Waals surface area contributed by atoms with E-state index in [1.54, 1.807) is 18.2 Å². The van der Waals surface area contributed by atoms with E-state index in [9.17, 15) is 14.9 Å². The molecule has 0 bridgehead atoms. The number of rotatable bonds is 6. The van der Waals surface area contributed by atoms with E-state index >= 15 is 0 Å². The first-order valence-electron chi connectivity index (χ1n) is 8.83. The molecule has 29 heavy (non-hydrogen) atoms. The van der Waals surface area contributed by atoms with Crippen molar-refractivity contribution in [1.82, 2.24) is 15.1 Å². The van der Waals surface area contributed by atoms with E-state index in [2.05, 4.69) is 10.4 Å². The second-order valence-electron chi connectivity index (χ2n) is 6.25. The zero-order valence-electron chi connectivity index (χ0n) is 15.2. The minimum absolute atomic E-state index is 0.0636. The van der Waals surface area contributed by atoms with Crippen molar-refractivity contribution in [3.05, 3.63) is 99.5 Å². The summed E-state index contributed by atoms with van der Waals surface area (Å²) in [5.74, 6) is -0.310. The minimum atomic E-state index is -0.470. The molecule has 0 fully saturated rings. The van der Waals surface area contributed by atoms with Crippen LogP contribution in [0.4, 0.5) is 5.69 Å². The van der Waals surface area contributed by atoms with Gasteiger partial charge in [0.05, 0.1) is 15.5 Å². The molecule has 0 aliphatic carbocycles. The van der Waals surface area contributed by atoms with Crippen LogP contribution in [0.3, 0.4) is 0 Å². The van der Waals surface area contributed by atoms with Crippen molar-refractivity contribution >= 4 is 22.9 Å². The van der Waals surface area contributed by atoms with E-state index in [1.165, 1.54) is 28.2 Å². The lowest BCUT2D eigenvalue weighted by Crippen LogP contribution is -2.25. The lowest BCUT2D eigenvalue weighted by atomic mass is 10.2. The molecule has 8 heteroatoms. The molecular formula is C21H16N4O3S. The van der Waals surface area contributed by atoms with E-state index in [0.29, 0.717) is 23.6 Å². The smallest absolute Gasteiger partial charge is 0.271 e. The van der Waals surface area contributed by atoms with E-state index in [0.717, 1.165) is 10.4 Å². The molecule has 1 amide bonds. The fourth-order valence-corrected chi connectivity index (χ4v) is 3.57. The van der Waals surface area contributed by atoms with Crippen LogP contribution in [0.5, 0.6) is 0 Å². The first-order valence-corrected chi connectivity index (χ1v) is 9.71. The molecule has 0 spiro atoms. The van der Waals surface area contributed by atoms with Crippen molar-refractivity contribution in [3.8, 4) is 16.3 Å². The highest BCUT2D eigenvalue weighted by Crippen LogP contribution is 2.26. The number of thiophene rings is 1. The van der Waals surface area contributed by atoms with Crippen LogP contribution in [0.25, 0.3) is 16.3 Å². The second-order valence-corrected chi connectivity index (χ2v) is 7.20. The number of nitrogens with zero attached hydrogens (tertiary/aromatic N) is 3. The zero-order valence-corrected chi connectivity index (χ0v) is 16.0. The Morgan fingerprint density at radius 2 is 1.90 bits per heavy atom. The quantitative estimate of drug-likeness (QED) is 0.380. The molecule has 0 saturated heterocycles. The molecule has 0 aliphatic heterocycles. The predicted molar refractivity (Wildman–Crippen MR) is 111 cm³/mol. The van der Waals surface area contributed by atoms with Crippen molar-refractivity contribution in [2.45, 2.75) is 6.54 Å². The Balaban J connectivity index is 1.70. The monoisotopic (exact) mass is 404 g/mol. The van der Waals surface area contributed by atoms with Gasteiger partial charge in [0.2, 0.25) is 0 Å². The highest BCUT2D eigenvalue weighted by atomic mass is 32.1. The Kier molecular flexibility index (Phi) is 5.17. The summed E-state index contributed by atoms with van der Waals surface area (Å²) < 4.78 is 1.45. The third kappa shape index (κ3) is 4.07. The van der Waals surface area contributed by atoms with Crippen molar-refractivity contribution < 1.29 is 9.72 Å². The molecule has 0 aliphatic rings. The van der Waals surface area contributed by atoms with Gasteiger partial charge < -0.3 is 5.32 Å². The number of hydrogen-bond acceptors (Lipinski definition) is 5. The summed E-state index contributed by atoms with van der Waals surface area (Å²) in [4.78, 5) is 24.5. The first kappa shape index (κ1) is 18.6. The molecule has 144 valence electrons. The van der Waals surface area contributed by atoms with E-state index in [1.807, 2.05) is 47.8 Å². The van der Waals surface area contributed by atoms with Gasteiger partial charge in [-0.1, -0.05) is 42.5 Å². The van der Waals surface area contributed by atoms with Gasteiger partial charge in [-0.05, 0) is 29.1 Å². The van der Waals surface area contributed by atoms with Crippen molar-refractivity contribution in [2.24, 2.45) is 0 Å². The zero-order chi connectivity index (χ0) is 20.2. The molecule has 0 saturated carbocycles. The van der Waals surface area contributed by atoms with E-state index in [-0.39, 0.29) is 11.6 Å². The highest BCUT2D eigenvalue weighted by molar-refractivity contribution is 7.13. The van der Waals surface area contributed by atoms with Gasteiger partial charge in [0.1, 0.15) is 11.4 Å². The number of hydrogen-bond donors (Lipinski definition) is 1. The van der Waals surface area contributed by atoms with Crippen molar-refractivity contribution in [1.29, 1.82) is 0 Å². The molecule has 0 radical (unpaired) electrons. The lowest BCUT2D eigenvalue weighted by Gasteiger charge is -2.08. The third-order valence-corrected chi connectivity index (χ3v) is 5.19. The van der Waals surface area contributed by atoms with Gasteiger partial charge in [-0.3, -0.25) is 14.9 Å². The van der Waals surface area contributed by atoms with Gasteiger partial charge in [-0.15, -0.1) is 11.3 Å². The van der Waals surface area contributed by atoms with Crippen molar-refractivity contribution in [3.63, 3.8) is 0 Å². The van der Waals surface area contributed by atoms with Gasteiger partial charge in [0.25, 0.3) is 11.6 Å². The van der Waals surface area contributed by atoms with Gasteiger partial charge in [-0.2, -0.15) is 5.10 Å². The lowest BCUT2D eigenvalue weighted by molar-refractivity contribution is -0.384. The van der Waals surface area contributed by atoms with Gasteiger partial charge >= 0.3 is 0 Å². The van der Waals surface area contributed by atoms with Crippen LogP contribution < -0.4 is 5.32 Å². The van der Waals surface area contributed by atoms with Gasteiger partial charge in [-0.25, -0.2) is 4.68 Å². The minimum Gasteiger partial charge on any atom is -0.347 e. The van der Waals surface area contributed by atoms with E-state index in [4.69, 9.17) is 0 Å². The Bertz CT molecular complexity index is 1150. The Morgan fingerprint density at radius 3 is 2.62 bits per heavy atom. The van der Waals surface area contributed by atoms with E-state index < -0.39 is 4.92 Å². The molecule has 1 N–H and O–H groups in total. The Labute approximate surface area is 170 Å². The average Bonchev–Trinajstić information content (AvgIpc) is 3.43. The number of carbonyl (C=O) groups is 1. The van der Waals surface area contributed by atoms with Gasteiger partial charge in [0.15, 0.2) is 0 Å². The number of aromatic nitrogens is 2. The molecule has 0 atom stereocenters.